The Hall–Kier alpha value is -3.12. The van der Waals surface area contributed by atoms with Crippen LogP contribution in [0.25, 0.3) is 0 Å². The van der Waals surface area contributed by atoms with Crippen molar-refractivity contribution in [2.45, 2.75) is 25.7 Å². The van der Waals surface area contributed by atoms with Crippen LogP contribution in [0.3, 0.4) is 0 Å². The first-order valence-electron chi connectivity index (χ1n) is 9.09. The van der Waals surface area contributed by atoms with E-state index in [-0.39, 0.29) is 10.6 Å². The Bertz CT molecular complexity index is 1150. The highest BCUT2D eigenvalue weighted by Gasteiger charge is 2.19. The lowest BCUT2D eigenvalue weighted by Crippen LogP contribution is -2.10. The van der Waals surface area contributed by atoms with Crippen molar-refractivity contribution in [3.8, 4) is 11.5 Å². The number of methoxy groups -OCH3 is 1. The molecule has 0 unspecified atom stereocenters. The fourth-order valence-electron chi connectivity index (χ4n) is 2.71. The van der Waals surface area contributed by atoms with Gasteiger partial charge < -0.3 is 8.92 Å². The predicted molar refractivity (Wildman–Crippen MR) is 115 cm³/mol. The van der Waals surface area contributed by atoms with Crippen LogP contribution in [0.4, 0.5) is 5.69 Å². The second kappa shape index (κ2) is 8.49. The Labute approximate surface area is 171 Å². The molecule has 3 aromatic carbocycles. The van der Waals surface area contributed by atoms with Crippen molar-refractivity contribution in [2.75, 3.05) is 7.11 Å². The first kappa shape index (κ1) is 20.6. The fourth-order valence-corrected chi connectivity index (χ4v) is 3.65. The first-order valence-corrected chi connectivity index (χ1v) is 10.5. The zero-order valence-corrected chi connectivity index (χ0v) is 17.7. The fraction of sp³-hybridized carbons (Fsp3) is 0.174. The van der Waals surface area contributed by atoms with Crippen molar-refractivity contribution in [1.29, 1.82) is 0 Å². The van der Waals surface area contributed by atoms with Crippen molar-refractivity contribution >= 4 is 22.0 Å². The maximum absolute atomic E-state index is 12.5. The third-order valence-electron chi connectivity index (χ3n) is 4.41. The van der Waals surface area contributed by atoms with Crippen molar-refractivity contribution in [2.24, 2.45) is 4.99 Å². The summed E-state index contributed by atoms with van der Waals surface area (Å²) in [6, 6.07) is 17.5. The molecule has 0 spiro atoms. The van der Waals surface area contributed by atoms with Crippen LogP contribution in [-0.2, 0) is 10.1 Å². The van der Waals surface area contributed by atoms with E-state index in [2.05, 4.69) is 4.99 Å². The number of hydrogen-bond donors (Lipinski definition) is 0. The van der Waals surface area contributed by atoms with E-state index < -0.39 is 10.1 Å². The molecule has 0 aliphatic heterocycles. The number of aliphatic imine (C=N–C) groups is 1. The quantitative estimate of drug-likeness (QED) is 0.418. The van der Waals surface area contributed by atoms with Gasteiger partial charge in [-0.15, -0.1) is 0 Å². The molecule has 6 heteroatoms. The number of ether oxygens (including phenoxy) is 1. The van der Waals surface area contributed by atoms with Crippen LogP contribution in [0.5, 0.6) is 11.5 Å². The predicted octanol–water partition coefficient (Wildman–Crippen LogP) is 5.14. The van der Waals surface area contributed by atoms with Crippen LogP contribution in [-0.4, -0.2) is 21.7 Å². The maximum atomic E-state index is 12.5. The molecule has 0 fully saturated rings. The van der Waals surface area contributed by atoms with Gasteiger partial charge in [-0.1, -0.05) is 29.8 Å². The summed E-state index contributed by atoms with van der Waals surface area (Å²) in [6.07, 6.45) is 1.71. The summed E-state index contributed by atoms with van der Waals surface area (Å²) in [5, 5.41) is 0. The van der Waals surface area contributed by atoms with Crippen LogP contribution in [0.1, 0.15) is 22.3 Å². The number of nitrogens with zero attached hydrogens (tertiary/aromatic N) is 1. The molecular weight excluding hydrogens is 386 g/mol. The molecule has 3 rings (SSSR count). The average molecular weight is 410 g/mol. The van der Waals surface area contributed by atoms with Crippen LogP contribution < -0.4 is 8.92 Å². The van der Waals surface area contributed by atoms with E-state index in [0.29, 0.717) is 5.75 Å². The molecule has 0 saturated heterocycles. The van der Waals surface area contributed by atoms with Gasteiger partial charge in [0, 0.05) is 6.21 Å². The Morgan fingerprint density at radius 2 is 1.52 bits per heavy atom. The summed E-state index contributed by atoms with van der Waals surface area (Å²) in [4.78, 5) is 4.62. The molecule has 0 saturated carbocycles. The number of benzene rings is 3. The Kier molecular flexibility index (Phi) is 6.03. The Morgan fingerprint density at radius 3 is 2.21 bits per heavy atom. The monoisotopic (exact) mass is 409 g/mol. The second-order valence-corrected chi connectivity index (χ2v) is 8.36. The molecule has 0 N–H and O–H groups in total. The van der Waals surface area contributed by atoms with Gasteiger partial charge in [0.25, 0.3) is 0 Å². The van der Waals surface area contributed by atoms with Crippen LogP contribution in [0.2, 0.25) is 0 Å². The molecule has 0 heterocycles. The normalized spacial score (nSPS) is 11.6. The minimum Gasteiger partial charge on any atom is -0.493 e. The molecule has 0 aromatic heterocycles. The van der Waals surface area contributed by atoms with Gasteiger partial charge >= 0.3 is 10.1 Å². The molecule has 5 nitrogen and oxygen atoms in total. The zero-order chi connectivity index (χ0) is 21.0. The van der Waals surface area contributed by atoms with E-state index in [1.165, 1.54) is 19.2 Å². The number of hydrogen-bond acceptors (Lipinski definition) is 5. The molecule has 150 valence electrons. The summed E-state index contributed by atoms with van der Waals surface area (Å²) in [7, 11) is -2.49. The third kappa shape index (κ3) is 5.03. The highest BCUT2D eigenvalue weighted by molar-refractivity contribution is 7.87. The van der Waals surface area contributed by atoms with Crippen molar-refractivity contribution in [3.05, 3.63) is 82.9 Å². The molecule has 0 atom stereocenters. The molecule has 3 aromatic rings. The third-order valence-corrected chi connectivity index (χ3v) is 5.66. The van der Waals surface area contributed by atoms with Crippen LogP contribution in [0, 0.1) is 20.8 Å². The molecule has 29 heavy (non-hydrogen) atoms. The summed E-state index contributed by atoms with van der Waals surface area (Å²) >= 11 is 0. The standard InChI is InChI=1S/C23H23NO4S/c1-16-6-10-20(11-7-16)29(25,26)28-22-12-9-19(14-23(22)27-4)15-24-21-13-17(2)5-8-18(21)3/h5-15H,1-4H3. The summed E-state index contributed by atoms with van der Waals surface area (Å²) < 4.78 is 35.7. The van der Waals surface area contributed by atoms with Crippen molar-refractivity contribution in [1.82, 2.24) is 0 Å². The Morgan fingerprint density at radius 1 is 0.828 bits per heavy atom. The van der Waals surface area contributed by atoms with Crippen molar-refractivity contribution in [3.63, 3.8) is 0 Å². The van der Waals surface area contributed by atoms with Gasteiger partial charge in [-0.2, -0.15) is 8.42 Å². The molecule has 0 radical (unpaired) electrons. The number of aryl methyl sites for hydroxylation is 3. The SMILES string of the molecule is COc1cc(C=Nc2cc(C)ccc2C)ccc1OS(=O)(=O)c1ccc(C)cc1. The molecular formula is C23H23NO4S. The van der Waals surface area contributed by atoms with Crippen LogP contribution >= 0.6 is 0 Å². The van der Waals surface area contributed by atoms with Crippen molar-refractivity contribution < 1.29 is 17.3 Å². The molecule has 0 bridgehead atoms. The van der Waals surface area contributed by atoms with Gasteiger partial charge in [0.1, 0.15) is 4.90 Å². The summed E-state index contributed by atoms with van der Waals surface area (Å²) in [6.45, 7) is 5.90. The lowest BCUT2D eigenvalue weighted by molar-refractivity contribution is 0.390. The van der Waals surface area contributed by atoms with Gasteiger partial charge in [-0.05, 0) is 73.9 Å². The van der Waals surface area contributed by atoms with Gasteiger partial charge in [0.2, 0.25) is 0 Å². The van der Waals surface area contributed by atoms with E-state index in [4.69, 9.17) is 8.92 Å². The average Bonchev–Trinajstić information content (AvgIpc) is 2.69. The van der Waals surface area contributed by atoms with Gasteiger partial charge in [-0.25, -0.2) is 0 Å². The van der Waals surface area contributed by atoms with Gasteiger partial charge in [0.15, 0.2) is 11.5 Å². The summed E-state index contributed by atoms with van der Waals surface area (Å²) in [5.41, 5.74) is 4.82. The zero-order valence-electron chi connectivity index (χ0n) is 16.8. The second-order valence-electron chi connectivity index (χ2n) is 6.81. The van der Waals surface area contributed by atoms with E-state index in [9.17, 15) is 8.42 Å². The largest absolute Gasteiger partial charge is 0.493 e. The molecule has 0 aliphatic carbocycles. The summed E-state index contributed by atoms with van der Waals surface area (Å²) in [5.74, 6) is 0.433. The van der Waals surface area contributed by atoms with E-state index in [0.717, 1.165) is 27.9 Å². The first-order chi connectivity index (χ1) is 13.8. The van der Waals surface area contributed by atoms with Crippen LogP contribution in [0.15, 0.2) is 70.6 Å². The van der Waals surface area contributed by atoms with E-state index in [1.807, 2.05) is 39.0 Å². The Balaban J connectivity index is 1.86. The highest BCUT2D eigenvalue weighted by atomic mass is 32.2. The molecule has 0 aliphatic rings. The van der Waals surface area contributed by atoms with E-state index >= 15 is 0 Å². The van der Waals surface area contributed by atoms with Gasteiger partial charge in [0.05, 0.1) is 12.8 Å². The minimum absolute atomic E-state index is 0.0886. The van der Waals surface area contributed by atoms with E-state index in [1.54, 1.807) is 36.5 Å². The topological polar surface area (TPSA) is 65.0 Å². The number of rotatable bonds is 6. The maximum Gasteiger partial charge on any atom is 0.339 e. The molecule has 0 amide bonds. The lowest BCUT2D eigenvalue weighted by Gasteiger charge is -2.11. The van der Waals surface area contributed by atoms with Gasteiger partial charge in [-0.3, -0.25) is 4.99 Å². The lowest BCUT2D eigenvalue weighted by atomic mass is 10.1. The highest BCUT2D eigenvalue weighted by Crippen LogP contribution is 2.31. The minimum atomic E-state index is -3.95. The smallest absolute Gasteiger partial charge is 0.339 e.